The third kappa shape index (κ3) is 3.06. The molecule has 1 saturated heterocycles. The maximum Gasteiger partial charge on any atom is 0.225 e. The zero-order chi connectivity index (χ0) is 12.3. The number of nitrogens with zero attached hydrogens (tertiary/aromatic N) is 3. The van der Waals surface area contributed by atoms with Gasteiger partial charge in [-0.1, -0.05) is 11.6 Å². The van der Waals surface area contributed by atoms with Crippen molar-refractivity contribution in [3.05, 3.63) is 17.4 Å². The number of rotatable bonds is 3. The van der Waals surface area contributed by atoms with Gasteiger partial charge >= 0.3 is 0 Å². The first kappa shape index (κ1) is 12.5. The SMILES string of the molecule is COC[C@@H]1CCN(c2ncc(Cl)cn2)C[C@@H]1O. The molecule has 1 aliphatic rings. The van der Waals surface area contributed by atoms with Gasteiger partial charge in [-0.2, -0.15) is 0 Å². The van der Waals surface area contributed by atoms with Crippen molar-refractivity contribution in [2.45, 2.75) is 12.5 Å². The Hall–Kier alpha value is -0.910. The molecule has 2 rings (SSSR count). The summed E-state index contributed by atoms with van der Waals surface area (Å²) in [5.74, 6) is 0.813. The van der Waals surface area contributed by atoms with Gasteiger partial charge in [0.2, 0.25) is 5.95 Å². The first-order valence-electron chi connectivity index (χ1n) is 5.60. The maximum absolute atomic E-state index is 9.98. The molecule has 1 aliphatic heterocycles. The van der Waals surface area contributed by atoms with Crippen molar-refractivity contribution in [2.24, 2.45) is 5.92 Å². The number of anilines is 1. The van der Waals surface area contributed by atoms with E-state index in [1.54, 1.807) is 19.5 Å². The predicted octanol–water partition coefficient (Wildman–Crippen LogP) is 0.964. The van der Waals surface area contributed by atoms with Crippen LogP contribution in [0.5, 0.6) is 0 Å². The summed E-state index contributed by atoms with van der Waals surface area (Å²) in [5.41, 5.74) is 0. The van der Waals surface area contributed by atoms with E-state index in [-0.39, 0.29) is 5.92 Å². The Morgan fingerprint density at radius 3 is 2.82 bits per heavy atom. The Labute approximate surface area is 105 Å². The lowest BCUT2D eigenvalue weighted by atomic mass is 9.95. The Morgan fingerprint density at radius 1 is 1.53 bits per heavy atom. The van der Waals surface area contributed by atoms with Gasteiger partial charge in [-0.3, -0.25) is 0 Å². The van der Waals surface area contributed by atoms with Crippen LogP contribution in [0.3, 0.4) is 0 Å². The van der Waals surface area contributed by atoms with E-state index in [0.717, 1.165) is 13.0 Å². The molecule has 1 N–H and O–H groups in total. The van der Waals surface area contributed by atoms with Crippen LogP contribution in [0.25, 0.3) is 0 Å². The van der Waals surface area contributed by atoms with Crippen molar-refractivity contribution in [1.82, 2.24) is 9.97 Å². The highest BCUT2D eigenvalue weighted by molar-refractivity contribution is 6.30. The summed E-state index contributed by atoms with van der Waals surface area (Å²) in [6.07, 6.45) is 3.61. The van der Waals surface area contributed by atoms with Gasteiger partial charge < -0.3 is 14.7 Å². The fourth-order valence-electron chi connectivity index (χ4n) is 2.04. The molecule has 94 valence electrons. The molecule has 1 aromatic heterocycles. The number of piperidine rings is 1. The Bertz CT molecular complexity index is 360. The minimum Gasteiger partial charge on any atom is -0.391 e. The zero-order valence-electron chi connectivity index (χ0n) is 9.71. The van der Waals surface area contributed by atoms with Crippen molar-refractivity contribution in [3.8, 4) is 0 Å². The molecule has 0 saturated carbocycles. The van der Waals surface area contributed by atoms with Gasteiger partial charge in [-0.05, 0) is 6.42 Å². The highest BCUT2D eigenvalue weighted by Crippen LogP contribution is 2.21. The summed E-state index contributed by atoms with van der Waals surface area (Å²) in [6.45, 7) is 1.96. The zero-order valence-corrected chi connectivity index (χ0v) is 10.5. The van der Waals surface area contributed by atoms with Gasteiger partial charge in [0.15, 0.2) is 0 Å². The second-order valence-corrected chi connectivity index (χ2v) is 4.66. The maximum atomic E-state index is 9.98. The number of aromatic nitrogens is 2. The van der Waals surface area contributed by atoms with Crippen LogP contribution < -0.4 is 4.90 Å². The molecule has 17 heavy (non-hydrogen) atoms. The quantitative estimate of drug-likeness (QED) is 0.874. The second kappa shape index (κ2) is 5.62. The fraction of sp³-hybridized carbons (Fsp3) is 0.636. The largest absolute Gasteiger partial charge is 0.391 e. The summed E-state index contributed by atoms with van der Waals surface area (Å²) in [7, 11) is 1.65. The number of aliphatic hydroxyl groups is 1. The number of ether oxygens (including phenoxy) is 1. The lowest BCUT2D eigenvalue weighted by Gasteiger charge is -2.35. The summed E-state index contributed by atoms with van der Waals surface area (Å²) in [6, 6.07) is 0. The smallest absolute Gasteiger partial charge is 0.225 e. The van der Waals surface area contributed by atoms with Gasteiger partial charge in [0.25, 0.3) is 0 Å². The van der Waals surface area contributed by atoms with Crippen molar-refractivity contribution >= 4 is 17.5 Å². The number of halogens is 1. The van der Waals surface area contributed by atoms with Crippen LogP contribution in [-0.4, -0.2) is 48.0 Å². The number of β-amino-alcohol motifs (C(OH)–C–C–N with tert-alkyl or cyclic N) is 1. The molecule has 1 fully saturated rings. The highest BCUT2D eigenvalue weighted by atomic mass is 35.5. The van der Waals surface area contributed by atoms with E-state index in [9.17, 15) is 5.11 Å². The third-order valence-corrected chi connectivity index (χ3v) is 3.19. The molecule has 0 aromatic carbocycles. The normalized spacial score (nSPS) is 25.0. The molecule has 5 nitrogen and oxygen atoms in total. The summed E-state index contributed by atoms with van der Waals surface area (Å²) >= 11 is 5.73. The Morgan fingerprint density at radius 2 is 2.24 bits per heavy atom. The summed E-state index contributed by atoms with van der Waals surface area (Å²) < 4.78 is 5.08. The Balaban J connectivity index is 1.99. The number of hydrogen-bond acceptors (Lipinski definition) is 5. The number of hydrogen-bond donors (Lipinski definition) is 1. The van der Waals surface area contributed by atoms with E-state index < -0.39 is 6.10 Å². The van der Waals surface area contributed by atoms with Crippen LogP contribution in [0.15, 0.2) is 12.4 Å². The molecule has 6 heteroatoms. The van der Waals surface area contributed by atoms with Crippen LogP contribution in [0.2, 0.25) is 5.02 Å². The van der Waals surface area contributed by atoms with Gasteiger partial charge in [0, 0.05) is 26.1 Å². The molecule has 0 unspecified atom stereocenters. The summed E-state index contributed by atoms with van der Waals surface area (Å²) in [4.78, 5) is 10.3. The van der Waals surface area contributed by atoms with Crippen molar-refractivity contribution in [3.63, 3.8) is 0 Å². The predicted molar refractivity (Wildman–Crippen MR) is 65.2 cm³/mol. The van der Waals surface area contributed by atoms with E-state index >= 15 is 0 Å². The average molecular weight is 258 g/mol. The van der Waals surface area contributed by atoms with E-state index in [2.05, 4.69) is 9.97 Å². The molecular formula is C11H16ClN3O2. The van der Waals surface area contributed by atoms with Crippen LogP contribution >= 0.6 is 11.6 Å². The molecular weight excluding hydrogens is 242 g/mol. The molecule has 1 aromatic rings. The van der Waals surface area contributed by atoms with E-state index in [0.29, 0.717) is 24.1 Å². The van der Waals surface area contributed by atoms with Gasteiger partial charge in [0.05, 0.1) is 30.1 Å². The standard InChI is InChI=1S/C11H16ClN3O2/c1-17-7-8-2-3-15(6-10(8)16)11-13-4-9(12)5-14-11/h4-5,8,10,16H,2-3,6-7H2,1H3/t8-,10-/m0/s1. The fourth-order valence-corrected chi connectivity index (χ4v) is 2.14. The average Bonchev–Trinajstić information content (AvgIpc) is 2.33. The molecule has 0 amide bonds. The monoisotopic (exact) mass is 257 g/mol. The highest BCUT2D eigenvalue weighted by Gasteiger charge is 2.28. The first-order valence-corrected chi connectivity index (χ1v) is 5.98. The third-order valence-electron chi connectivity index (χ3n) is 2.99. The number of methoxy groups -OCH3 is 1. The van der Waals surface area contributed by atoms with Gasteiger partial charge in [0.1, 0.15) is 0 Å². The van der Waals surface area contributed by atoms with Gasteiger partial charge in [-0.15, -0.1) is 0 Å². The topological polar surface area (TPSA) is 58.5 Å². The van der Waals surface area contributed by atoms with Crippen molar-refractivity contribution < 1.29 is 9.84 Å². The van der Waals surface area contributed by atoms with Crippen LogP contribution in [0.4, 0.5) is 5.95 Å². The molecule has 0 radical (unpaired) electrons. The second-order valence-electron chi connectivity index (χ2n) is 4.22. The van der Waals surface area contributed by atoms with E-state index in [1.165, 1.54) is 0 Å². The van der Waals surface area contributed by atoms with Crippen LogP contribution in [-0.2, 0) is 4.74 Å². The minimum absolute atomic E-state index is 0.198. The number of aliphatic hydroxyl groups excluding tert-OH is 1. The van der Waals surface area contributed by atoms with E-state index in [1.807, 2.05) is 4.90 Å². The van der Waals surface area contributed by atoms with Crippen molar-refractivity contribution in [2.75, 3.05) is 31.7 Å². The van der Waals surface area contributed by atoms with E-state index in [4.69, 9.17) is 16.3 Å². The first-order chi connectivity index (χ1) is 8.20. The van der Waals surface area contributed by atoms with Crippen molar-refractivity contribution in [1.29, 1.82) is 0 Å². The summed E-state index contributed by atoms with van der Waals surface area (Å²) in [5, 5.41) is 10.5. The van der Waals surface area contributed by atoms with Crippen LogP contribution in [0.1, 0.15) is 6.42 Å². The molecule has 0 bridgehead atoms. The lowest BCUT2D eigenvalue weighted by molar-refractivity contribution is 0.0367. The minimum atomic E-state index is -0.400. The van der Waals surface area contributed by atoms with Gasteiger partial charge in [-0.25, -0.2) is 9.97 Å². The molecule has 2 atom stereocenters. The van der Waals surface area contributed by atoms with Crippen LogP contribution in [0, 0.1) is 5.92 Å². The Kier molecular flexibility index (Phi) is 4.15. The molecule has 0 aliphatic carbocycles. The molecule has 2 heterocycles. The lowest BCUT2D eigenvalue weighted by Crippen LogP contribution is -2.45. The molecule has 0 spiro atoms.